The van der Waals surface area contributed by atoms with Gasteiger partial charge in [-0.15, -0.1) is 0 Å². The standard InChI is InChI=1S/C12H26BS/c1-7-11(6)14-12(8-2,9-3)13-10(4)5/h10-11H,7-9H2,1-6H3. The molecule has 0 aliphatic carbocycles. The monoisotopic (exact) mass is 213 g/mol. The van der Waals surface area contributed by atoms with Crippen molar-refractivity contribution < 1.29 is 0 Å². The Kier molecular flexibility index (Phi) is 7.02. The van der Waals surface area contributed by atoms with Crippen LogP contribution >= 0.6 is 11.8 Å². The number of thioether (sulfide) groups is 1. The van der Waals surface area contributed by atoms with Crippen LogP contribution in [-0.4, -0.2) is 17.2 Å². The van der Waals surface area contributed by atoms with Gasteiger partial charge in [0.1, 0.15) is 7.28 Å². The van der Waals surface area contributed by atoms with Gasteiger partial charge in [0.15, 0.2) is 0 Å². The van der Waals surface area contributed by atoms with Crippen LogP contribution in [0.4, 0.5) is 0 Å². The van der Waals surface area contributed by atoms with Crippen molar-refractivity contribution in [2.24, 2.45) is 0 Å². The third kappa shape index (κ3) is 4.77. The lowest BCUT2D eigenvalue weighted by Crippen LogP contribution is -2.34. The van der Waals surface area contributed by atoms with Crippen LogP contribution in [0.25, 0.3) is 0 Å². The van der Waals surface area contributed by atoms with Crippen LogP contribution in [0.15, 0.2) is 0 Å². The van der Waals surface area contributed by atoms with Crippen LogP contribution in [0.3, 0.4) is 0 Å². The molecule has 1 atom stereocenters. The Labute approximate surface area is 95.9 Å². The third-order valence-electron chi connectivity index (χ3n) is 2.84. The molecule has 1 unspecified atom stereocenters. The van der Waals surface area contributed by atoms with E-state index in [2.05, 4.69) is 60.6 Å². The Morgan fingerprint density at radius 1 is 1.07 bits per heavy atom. The van der Waals surface area contributed by atoms with Crippen molar-refractivity contribution >= 4 is 19.0 Å². The lowest BCUT2D eigenvalue weighted by Gasteiger charge is -2.34. The van der Waals surface area contributed by atoms with Gasteiger partial charge in [-0.05, 0) is 23.9 Å². The highest BCUT2D eigenvalue weighted by atomic mass is 32.2. The lowest BCUT2D eigenvalue weighted by molar-refractivity contribution is 0.697. The minimum atomic E-state index is 0.420. The van der Waals surface area contributed by atoms with Crippen molar-refractivity contribution in [1.82, 2.24) is 0 Å². The van der Waals surface area contributed by atoms with E-state index in [9.17, 15) is 0 Å². The molecule has 0 nitrogen and oxygen atoms in total. The van der Waals surface area contributed by atoms with Gasteiger partial charge in [-0.1, -0.05) is 47.4 Å². The van der Waals surface area contributed by atoms with Crippen LogP contribution in [0.5, 0.6) is 0 Å². The molecule has 0 fully saturated rings. The number of hydrogen-bond donors (Lipinski definition) is 0. The fourth-order valence-electron chi connectivity index (χ4n) is 1.78. The molecule has 0 aliphatic rings. The molecule has 0 aromatic rings. The molecule has 0 amide bonds. The van der Waals surface area contributed by atoms with Crippen LogP contribution in [0.1, 0.15) is 60.8 Å². The molecule has 0 saturated carbocycles. The van der Waals surface area contributed by atoms with Gasteiger partial charge in [-0.3, -0.25) is 0 Å². The maximum atomic E-state index is 2.55. The fourth-order valence-corrected chi connectivity index (χ4v) is 3.44. The zero-order valence-corrected chi connectivity index (χ0v) is 11.6. The van der Waals surface area contributed by atoms with Crippen molar-refractivity contribution in [2.45, 2.75) is 76.5 Å². The molecule has 0 spiro atoms. The van der Waals surface area contributed by atoms with Gasteiger partial charge < -0.3 is 0 Å². The van der Waals surface area contributed by atoms with E-state index in [0.29, 0.717) is 10.5 Å². The molecular weight excluding hydrogens is 187 g/mol. The summed E-state index contributed by atoms with van der Waals surface area (Å²) >= 11 is 2.16. The second-order valence-corrected chi connectivity index (χ2v) is 6.37. The van der Waals surface area contributed by atoms with Crippen molar-refractivity contribution in [1.29, 1.82) is 0 Å². The summed E-state index contributed by atoms with van der Waals surface area (Å²) in [5.41, 5.74) is 0. The minimum Gasteiger partial charge on any atom is -0.161 e. The first kappa shape index (κ1) is 14.4. The summed E-state index contributed by atoms with van der Waals surface area (Å²) in [6, 6.07) is 0. The molecule has 83 valence electrons. The van der Waals surface area contributed by atoms with Gasteiger partial charge in [-0.2, -0.15) is 11.8 Å². The minimum absolute atomic E-state index is 0.420. The maximum Gasteiger partial charge on any atom is 0.134 e. The second-order valence-electron chi connectivity index (χ2n) is 4.52. The van der Waals surface area contributed by atoms with Gasteiger partial charge in [0, 0.05) is 5.25 Å². The summed E-state index contributed by atoms with van der Waals surface area (Å²) in [7, 11) is 2.55. The maximum absolute atomic E-state index is 2.55. The zero-order valence-electron chi connectivity index (χ0n) is 10.8. The highest BCUT2D eigenvalue weighted by Gasteiger charge is 2.30. The molecule has 0 aromatic heterocycles. The van der Waals surface area contributed by atoms with E-state index >= 15 is 0 Å². The summed E-state index contributed by atoms with van der Waals surface area (Å²) < 4.78 is 0.420. The van der Waals surface area contributed by atoms with Crippen LogP contribution in [-0.2, 0) is 0 Å². The van der Waals surface area contributed by atoms with Gasteiger partial charge in [0.2, 0.25) is 0 Å². The zero-order chi connectivity index (χ0) is 11.2. The van der Waals surface area contributed by atoms with E-state index in [-0.39, 0.29) is 0 Å². The van der Waals surface area contributed by atoms with E-state index in [0.717, 1.165) is 5.25 Å². The predicted molar refractivity (Wildman–Crippen MR) is 71.5 cm³/mol. The Hall–Kier alpha value is 0.415. The molecule has 0 rings (SSSR count). The molecule has 0 N–H and O–H groups in total. The predicted octanol–water partition coefficient (Wildman–Crippen LogP) is 4.57. The first-order valence-electron chi connectivity index (χ1n) is 6.03. The lowest BCUT2D eigenvalue weighted by atomic mass is 9.53. The summed E-state index contributed by atoms with van der Waals surface area (Å²) in [6.07, 6.45) is 3.80. The average molecular weight is 213 g/mol. The Morgan fingerprint density at radius 2 is 1.57 bits per heavy atom. The molecule has 1 radical (unpaired) electrons. The molecular formula is C12H26BS. The summed E-state index contributed by atoms with van der Waals surface area (Å²) in [5.74, 6) is 0.700. The van der Waals surface area contributed by atoms with E-state index in [4.69, 9.17) is 0 Å². The van der Waals surface area contributed by atoms with Gasteiger partial charge in [-0.25, -0.2) is 0 Å². The van der Waals surface area contributed by atoms with E-state index in [1.807, 2.05) is 0 Å². The Morgan fingerprint density at radius 3 is 1.86 bits per heavy atom. The largest absolute Gasteiger partial charge is 0.161 e. The summed E-state index contributed by atoms with van der Waals surface area (Å²) in [6.45, 7) is 13.8. The highest BCUT2D eigenvalue weighted by Crippen LogP contribution is 2.37. The van der Waals surface area contributed by atoms with E-state index in [1.54, 1.807) is 0 Å². The van der Waals surface area contributed by atoms with Gasteiger partial charge >= 0.3 is 0 Å². The molecule has 0 saturated heterocycles. The first-order valence-corrected chi connectivity index (χ1v) is 6.91. The first-order chi connectivity index (χ1) is 6.49. The third-order valence-corrected chi connectivity index (χ3v) is 4.76. The number of hydrogen-bond acceptors (Lipinski definition) is 1. The van der Waals surface area contributed by atoms with Gasteiger partial charge in [0.25, 0.3) is 0 Å². The fraction of sp³-hybridized carbons (Fsp3) is 1.00. The van der Waals surface area contributed by atoms with Crippen molar-refractivity contribution in [3.63, 3.8) is 0 Å². The van der Waals surface area contributed by atoms with Crippen molar-refractivity contribution in [3.8, 4) is 0 Å². The average Bonchev–Trinajstić information content (AvgIpc) is 2.15. The highest BCUT2D eigenvalue weighted by molar-refractivity contribution is 8.02. The topological polar surface area (TPSA) is 0 Å². The van der Waals surface area contributed by atoms with Crippen LogP contribution in [0.2, 0.25) is 5.82 Å². The number of rotatable bonds is 7. The Bertz CT molecular complexity index is 141. The van der Waals surface area contributed by atoms with E-state index in [1.165, 1.54) is 19.3 Å². The molecule has 0 aliphatic heterocycles. The Balaban J connectivity index is 4.36. The van der Waals surface area contributed by atoms with Crippen LogP contribution in [0, 0.1) is 0 Å². The quantitative estimate of drug-likeness (QED) is 0.558. The van der Waals surface area contributed by atoms with Crippen LogP contribution < -0.4 is 0 Å². The molecule has 14 heavy (non-hydrogen) atoms. The SMILES string of the molecule is CCC(C)SC([B]C(C)C)(CC)CC. The van der Waals surface area contributed by atoms with Gasteiger partial charge in [0.05, 0.1) is 0 Å². The second kappa shape index (κ2) is 6.82. The molecule has 0 bridgehead atoms. The molecule has 2 heteroatoms. The van der Waals surface area contributed by atoms with E-state index < -0.39 is 0 Å². The van der Waals surface area contributed by atoms with Crippen molar-refractivity contribution in [3.05, 3.63) is 0 Å². The molecule has 0 aromatic carbocycles. The normalized spacial score (nSPS) is 14.5. The smallest absolute Gasteiger partial charge is 0.134 e. The summed E-state index contributed by atoms with van der Waals surface area (Å²) in [4.78, 5) is 0. The van der Waals surface area contributed by atoms with Crippen molar-refractivity contribution in [2.75, 3.05) is 0 Å². The molecule has 0 heterocycles. The summed E-state index contributed by atoms with van der Waals surface area (Å²) in [5, 5.41) is 0.782.